The first kappa shape index (κ1) is 12.9. The van der Waals surface area contributed by atoms with E-state index in [0.29, 0.717) is 11.3 Å². The van der Waals surface area contributed by atoms with Gasteiger partial charge in [-0.25, -0.2) is 0 Å². The Hall–Kier alpha value is -1.56. The highest BCUT2D eigenvalue weighted by Crippen LogP contribution is 2.29. The van der Waals surface area contributed by atoms with E-state index in [9.17, 15) is 4.79 Å². The van der Waals surface area contributed by atoms with Crippen LogP contribution in [0.5, 0.6) is 0 Å². The molecule has 0 aromatic heterocycles. The lowest BCUT2D eigenvalue weighted by Gasteiger charge is -2.24. The summed E-state index contributed by atoms with van der Waals surface area (Å²) in [4.78, 5) is 11.9. The zero-order valence-corrected chi connectivity index (χ0v) is 11.3. The first-order valence-corrected chi connectivity index (χ1v) is 6.49. The third kappa shape index (κ3) is 2.64. The number of halogens is 1. The zero-order valence-electron chi connectivity index (χ0n) is 9.69. The van der Waals surface area contributed by atoms with Crippen molar-refractivity contribution >= 4 is 33.4 Å². The van der Waals surface area contributed by atoms with Crippen LogP contribution in [0.2, 0.25) is 0 Å². The Morgan fingerprint density at radius 1 is 1.50 bits per heavy atom. The lowest BCUT2D eigenvalue weighted by Crippen LogP contribution is -2.29. The number of benzene rings is 1. The Kier molecular flexibility index (Phi) is 3.86. The van der Waals surface area contributed by atoms with Crippen molar-refractivity contribution in [2.24, 2.45) is 16.8 Å². The molecule has 0 spiro atoms. The van der Waals surface area contributed by atoms with Crippen LogP contribution in [0.3, 0.4) is 0 Å². The van der Waals surface area contributed by atoms with E-state index >= 15 is 0 Å². The van der Waals surface area contributed by atoms with Gasteiger partial charge in [-0.3, -0.25) is 4.79 Å². The van der Waals surface area contributed by atoms with Gasteiger partial charge in [-0.1, -0.05) is 27.5 Å². The van der Waals surface area contributed by atoms with Crippen molar-refractivity contribution in [2.45, 2.75) is 19.3 Å². The standard InChI is InChI=1S/C12H14BrN3O2/c13-8-4-5-9(11(14)16-18)10(6-8)15-12(17)7-2-1-3-7/h4-7,18H,1-3H2,(H2,14,16)(H,15,17). The number of hydrogen-bond donors (Lipinski definition) is 3. The first-order chi connectivity index (χ1) is 8.61. The fraction of sp³-hybridized carbons (Fsp3) is 0.333. The van der Waals surface area contributed by atoms with Gasteiger partial charge in [0.15, 0.2) is 5.84 Å². The summed E-state index contributed by atoms with van der Waals surface area (Å²) in [6.45, 7) is 0. The molecule has 0 unspecified atom stereocenters. The van der Waals surface area contributed by atoms with Crippen molar-refractivity contribution in [3.8, 4) is 0 Å². The molecule has 0 bridgehead atoms. The molecular weight excluding hydrogens is 298 g/mol. The number of nitrogens with zero attached hydrogens (tertiary/aromatic N) is 1. The van der Waals surface area contributed by atoms with E-state index in [0.717, 1.165) is 23.7 Å². The van der Waals surface area contributed by atoms with Crippen LogP contribution in [0.15, 0.2) is 27.8 Å². The molecule has 5 nitrogen and oxygen atoms in total. The molecule has 0 atom stereocenters. The number of carbonyl (C=O) groups excluding carboxylic acids is 1. The number of oxime groups is 1. The van der Waals surface area contributed by atoms with Gasteiger partial charge in [-0.05, 0) is 31.0 Å². The van der Waals surface area contributed by atoms with Gasteiger partial charge in [-0.2, -0.15) is 0 Å². The number of hydrogen-bond acceptors (Lipinski definition) is 3. The molecule has 0 aliphatic heterocycles. The topological polar surface area (TPSA) is 87.7 Å². The minimum absolute atomic E-state index is 0.00802. The largest absolute Gasteiger partial charge is 0.409 e. The Morgan fingerprint density at radius 3 is 2.78 bits per heavy atom. The number of amides is 1. The average Bonchev–Trinajstić information content (AvgIpc) is 2.25. The summed E-state index contributed by atoms with van der Waals surface area (Å²) in [5, 5.41) is 14.5. The molecule has 0 radical (unpaired) electrons. The second kappa shape index (κ2) is 5.39. The lowest BCUT2D eigenvalue weighted by atomic mass is 9.85. The molecule has 0 heterocycles. The molecule has 6 heteroatoms. The average molecular weight is 312 g/mol. The predicted molar refractivity (Wildman–Crippen MR) is 72.6 cm³/mol. The summed E-state index contributed by atoms with van der Waals surface area (Å²) in [7, 11) is 0. The van der Waals surface area contributed by atoms with Crippen molar-refractivity contribution in [1.29, 1.82) is 0 Å². The van der Waals surface area contributed by atoms with Gasteiger partial charge in [-0.15, -0.1) is 0 Å². The molecule has 0 saturated heterocycles. The number of rotatable bonds is 3. The van der Waals surface area contributed by atoms with E-state index in [1.54, 1.807) is 18.2 Å². The predicted octanol–water partition coefficient (Wildman–Crippen LogP) is 2.28. The van der Waals surface area contributed by atoms with Crippen LogP contribution in [0.1, 0.15) is 24.8 Å². The third-order valence-electron chi connectivity index (χ3n) is 3.10. The molecule has 1 amide bonds. The third-order valence-corrected chi connectivity index (χ3v) is 3.59. The summed E-state index contributed by atoms with van der Waals surface area (Å²) in [6.07, 6.45) is 2.96. The maximum absolute atomic E-state index is 11.9. The van der Waals surface area contributed by atoms with Gasteiger partial charge < -0.3 is 16.3 Å². The molecular formula is C12H14BrN3O2. The Labute approximate surface area is 113 Å². The van der Waals surface area contributed by atoms with Crippen LogP contribution >= 0.6 is 15.9 Å². The molecule has 1 aliphatic carbocycles. The maximum atomic E-state index is 11.9. The quantitative estimate of drug-likeness (QED) is 0.346. The van der Waals surface area contributed by atoms with E-state index in [1.807, 2.05) is 0 Å². The number of carbonyl (C=O) groups is 1. The minimum Gasteiger partial charge on any atom is -0.409 e. The Balaban J connectivity index is 2.24. The van der Waals surface area contributed by atoms with Crippen LogP contribution < -0.4 is 11.1 Å². The summed E-state index contributed by atoms with van der Waals surface area (Å²) in [6, 6.07) is 5.20. The van der Waals surface area contributed by atoms with Crippen LogP contribution in [0.25, 0.3) is 0 Å². The van der Waals surface area contributed by atoms with Gasteiger partial charge in [0, 0.05) is 16.0 Å². The molecule has 1 aliphatic rings. The lowest BCUT2D eigenvalue weighted by molar-refractivity contribution is -0.122. The van der Waals surface area contributed by atoms with Crippen molar-refractivity contribution in [3.63, 3.8) is 0 Å². The van der Waals surface area contributed by atoms with Crippen LogP contribution in [0, 0.1) is 5.92 Å². The second-order valence-corrected chi connectivity index (χ2v) is 5.21. The molecule has 1 aromatic rings. The van der Waals surface area contributed by atoms with Crippen LogP contribution in [-0.2, 0) is 4.79 Å². The van der Waals surface area contributed by atoms with Crippen LogP contribution in [0.4, 0.5) is 5.69 Å². The summed E-state index contributed by atoms with van der Waals surface area (Å²) in [5.74, 6) is 0.0573. The van der Waals surface area contributed by atoms with Crippen molar-refractivity contribution < 1.29 is 10.0 Å². The fourth-order valence-corrected chi connectivity index (χ4v) is 2.16. The van der Waals surface area contributed by atoms with Crippen molar-refractivity contribution in [3.05, 3.63) is 28.2 Å². The molecule has 96 valence electrons. The fourth-order valence-electron chi connectivity index (χ4n) is 1.80. The van der Waals surface area contributed by atoms with Gasteiger partial charge in [0.2, 0.25) is 5.91 Å². The highest BCUT2D eigenvalue weighted by atomic mass is 79.9. The van der Waals surface area contributed by atoms with Crippen LogP contribution in [-0.4, -0.2) is 17.0 Å². The number of nitrogens with one attached hydrogen (secondary N) is 1. The zero-order chi connectivity index (χ0) is 13.1. The van der Waals surface area contributed by atoms with E-state index in [2.05, 4.69) is 26.4 Å². The molecule has 1 saturated carbocycles. The van der Waals surface area contributed by atoms with Crippen molar-refractivity contribution in [1.82, 2.24) is 0 Å². The van der Waals surface area contributed by atoms with E-state index < -0.39 is 0 Å². The second-order valence-electron chi connectivity index (χ2n) is 4.29. The van der Waals surface area contributed by atoms with E-state index in [-0.39, 0.29) is 17.7 Å². The summed E-state index contributed by atoms with van der Waals surface area (Å²) in [5.41, 5.74) is 6.64. The van der Waals surface area contributed by atoms with Gasteiger partial charge in [0.25, 0.3) is 0 Å². The Bertz CT molecular complexity index is 498. The minimum atomic E-state index is -0.0218. The van der Waals surface area contributed by atoms with Gasteiger partial charge in [0.1, 0.15) is 0 Å². The van der Waals surface area contributed by atoms with Gasteiger partial charge in [0.05, 0.1) is 5.69 Å². The smallest absolute Gasteiger partial charge is 0.227 e. The Morgan fingerprint density at radius 2 is 2.22 bits per heavy atom. The molecule has 1 fully saturated rings. The highest BCUT2D eigenvalue weighted by molar-refractivity contribution is 9.10. The summed E-state index contributed by atoms with van der Waals surface area (Å²) >= 11 is 3.33. The highest BCUT2D eigenvalue weighted by Gasteiger charge is 2.25. The first-order valence-electron chi connectivity index (χ1n) is 5.70. The monoisotopic (exact) mass is 311 g/mol. The molecule has 18 heavy (non-hydrogen) atoms. The van der Waals surface area contributed by atoms with E-state index in [1.165, 1.54) is 0 Å². The van der Waals surface area contributed by atoms with E-state index in [4.69, 9.17) is 10.9 Å². The number of nitrogens with two attached hydrogens (primary N) is 1. The molecule has 1 aromatic carbocycles. The maximum Gasteiger partial charge on any atom is 0.227 e. The summed E-state index contributed by atoms with van der Waals surface area (Å²) < 4.78 is 0.820. The van der Waals surface area contributed by atoms with Crippen molar-refractivity contribution in [2.75, 3.05) is 5.32 Å². The SMILES string of the molecule is N/C(=N/O)c1ccc(Br)cc1NC(=O)C1CCC1. The molecule has 4 N–H and O–H groups in total. The number of amidine groups is 1. The normalized spacial score (nSPS) is 16.2. The van der Waals surface area contributed by atoms with Gasteiger partial charge >= 0.3 is 0 Å². The number of anilines is 1. The molecule has 2 rings (SSSR count).